The molecule has 98 valence electrons. The van der Waals surface area contributed by atoms with E-state index in [2.05, 4.69) is 35.4 Å². The molecule has 18 heavy (non-hydrogen) atoms. The van der Waals surface area contributed by atoms with Crippen molar-refractivity contribution in [3.63, 3.8) is 0 Å². The van der Waals surface area contributed by atoms with E-state index in [1.807, 2.05) is 0 Å². The zero-order valence-electron chi connectivity index (χ0n) is 11.3. The highest BCUT2D eigenvalue weighted by atomic mass is 15.0. The molecule has 3 fully saturated rings. The predicted octanol–water partition coefficient (Wildman–Crippen LogP) is 2.94. The zero-order chi connectivity index (χ0) is 12.1. The molecule has 0 saturated heterocycles. The molecule has 5 unspecified atom stereocenters. The minimum atomic E-state index is 0.814. The van der Waals surface area contributed by atoms with Gasteiger partial charge in [0.15, 0.2) is 0 Å². The fourth-order valence-corrected chi connectivity index (χ4v) is 5.22. The fraction of sp³-hybridized carbons (Fsp3) is 0.750. The van der Waals surface area contributed by atoms with Crippen LogP contribution in [-0.2, 0) is 13.6 Å². The van der Waals surface area contributed by atoms with Crippen LogP contribution in [0.2, 0.25) is 0 Å². The second-order valence-electron chi connectivity index (χ2n) is 6.83. The highest BCUT2D eigenvalue weighted by Crippen LogP contribution is 2.58. The summed E-state index contributed by atoms with van der Waals surface area (Å²) in [6.07, 6.45) is 11.9. The second kappa shape index (κ2) is 4.12. The molecule has 2 bridgehead atoms. The lowest BCUT2D eigenvalue weighted by Crippen LogP contribution is -2.38. The molecule has 3 aliphatic rings. The molecule has 1 heterocycles. The van der Waals surface area contributed by atoms with Gasteiger partial charge in [0, 0.05) is 32.0 Å². The maximum Gasteiger partial charge on any atom is 0.0223 e. The first kappa shape index (κ1) is 11.1. The number of rotatable bonds is 3. The van der Waals surface area contributed by atoms with Crippen LogP contribution in [0, 0.1) is 23.7 Å². The summed E-state index contributed by atoms with van der Waals surface area (Å²) in [7, 11) is 2.10. The topological polar surface area (TPSA) is 17.0 Å². The molecular weight excluding hydrogens is 220 g/mol. The van der Waals surface area contributed by atoms with Crippen molar-refractivity contribution in [2.24, 2.45) is 30.7 Å². The Morgan fingerprint density at radius 2 is 2.11 bits per heavy atom. The first-order valence-electron chi connectivity index (χ1n) is 7.65. The van der Waals surface area contributed by atoms with Crippen molar-refractivity contribution in [3.8, 4) is 0 Å². The van der Waals surface area contributed by atoms with Gasteiger partial charge in [-0.3, -0.25) is 0 Å². The lowest BCUT2D eigenvalue weighted by Gasteiger charge is -2.32. The van der Waals surface area contributed by atoms with Gasteiger partial charge in [0.1, 0.15) is 0 Å². The third-order valence-electron chi connectivity index (χ3n) is 5.89. The monoisotopic (exact) mass is 244 g/mol. The summed E-state index contributed by atoms with van der Waals surface area (Å²) in [5.41, 5.74) is 1.43. The Labute approximate surface area is 110 Å². The van der Waals surface area contributed by atoms with Crippen molar-refractivity contribution in [2.75, 3.05) is 0 Å². The third-order valence-corrected chi connectivity index (χ3v) is 5.89. The second-order valence-corrected chi connectivity index (χ2v) is 6.83. The fourth-order valence-electron chi connectivity index (χ4n) is 5.22. The Kier molecular flexibility index (Phi) is 2.54. The maximum absolute atomic E-state index is 3.84. The highest BCUT2D eigenvalue weighted by molar-refractivity contribution is 5.11. The van der Waals surface area contributed by atoms with Crippen LogP contribution in [0.4, 0.5) is 0 Å². The van der Waals surface area contributed by atoms with E-state index in [-0.39, 0.29) is 0 Å². The minimum absolute atomic E-state index is 0.814. The zero-order valence-corrected chi connectivity index (χ0v) is 11.3. The van der Waals surface area contributed by atoms with E-state index in [0.717, 1.165) is 36.3 Å². The van der Waals surface area contributed by atoms with Crippen LogP contribution in [-0.4, -0.2) is 10.6 Å². The summed E-state index contributed by atoms with van der Waals surface area (Å²) < 4.78 is 2.14. The van der Waals surface area contributed by atoms with Gasteiger partial charge in [0.2, 0.25) is 0 Å². The summed E-state index contributed by atoms with van der Waals surface area (Å²) in [6, 6.07) is 3.05. The van der Waals surface area contributed by atoms with E-state index in [1.54, 1.807) is 0 Å². The maximum atomic E-state index is 3.84. The predicted molar refractivity (Wildman–Crippen MR) is 73.1 cm³/mol. The van der Waals surface area contributed by atoms with E-state index in [9.17, 15) is 0 Å². The van der Waals surface area contributed by atoms with Crippen molar-refractivity contribution in [3.05, 3.63) is 24.0 Å². The number of fused-ring (bicyclic) bond motifs is 5. The molecule has 0 spiro atoms. The summed E-state index contributed by atoms with van der Waals surface area (Å²) in [4.78, 5) is 0. The molecular formula is C16H24N2. The van der Waals surface area contributed by atoms with Crippen LogP contribution in [0.5, 0.6) is 0 Å². The number of hydrogen-bond acceptors (Lipinski definition) is 1. The van der Waals surface area contributed by atoms with Crippen LogP contribution >= 0.6 is 0 Å². The van der Waals surface area contributed by atoms with Crippen molar-refractivity contribution in [2.45, 2.75) is 44.7 Å². The molecule has 0 aliphatic heterocycles. The Hall–Kier alpha value is -0.760. The average molecular weight is 244 g/mol. The standard InChI is InChI=1S/C16H24N2/c1-18-6-5-11(10-18)9-17-16-8-12-7-15(16)14-4-2-3-13(12)14/h5-6,10,12-17H,2-4,7-9H2,1H3. The Bertz CT molecular complexity index is 436. The quantitative estimate of drug-likeness (QED) is 0.865. The lowest BCUT2D eigenvalue weighted by molar-refractivity contribution is 0.208. The normalized spacial score (nSPS) is 41.5. The summed E-state index contributed by atoms with van der Waals surface area (Å²) in [5.74, 6) is 4.27. The third kappa shape index (κ3) is 1.65. The number of nitrogens with one attached hydrogen (secondary N) is 1. The van der Waals surface area contributed by atoms with Gasteiger partial charge in [0.25, 0.3) is 0 Å². The smallest absolute Gasteiger partial charge is 0.0223 e. The molecule has 0 amide bonds. The van der Waals surface area contributed by atoms with Crippen molar-refractivity contribution < 1.29 is 0 Å². The minimum Gasteiger partial charge on any atom is -0.357 e. The first-order valence-corrected chi connectivity index (χ1v) is 7.65. The van der Waals surface area contributed by atoms with Gasteiger partial charge in [0.05, 0.1) is 0 Å². The van der Waals surface area contributed by atoms with Crippen molar-refractivity contribution in [1.29, 1.82) is 0 Å². The SMILES string of the molecule is Cn1ccc(CNC2CC3CC2C2CCCC32)c1. The molecule has 1 N–H and O–H groups in total. The summed E-state index contributed by atoms with van der Waals surface area (Å²) in [6.45, 7) is 1.06. The van der Waals surface area contributed by atoms with E-state index in [0.29, 0.717) is 0 Å². The van der Waals surface area contributed by atoms with Crippen LogP contribution in [0.25, 0.3) is 0 Å². The van der Waals surface area contributed by atoms with E-state index < -0.39 is 0 Å². The molecule has 3 saturated carbocycles. The Balaban J connectivity index is 1.39. The van der Waals surface area contributed by atoms with Gasteiger partial charge < -0.3 is 9.88 Å². The van der Waals surface area contributed by atoms with Crippen molar-refractivity contribution in [1.82, 2.24) is 9.88 Å². The molecule has 3 aliphatic carbocycles. The number of hydrogen-bond donors (Lipinski definition) is 1. The molecule has 2 nitrogen and oxygen atoms in total. The van der Waals surface area contributed by atoms with Gasteiger partial charge in [-0.2, -0.15) is 0 Å². The summed E-state index contributed by atoms with van der Waals surface area (Å²) >= 11 is 0. The van der Waals surface area contributed by atoms with Gasteiger partial charge in [-0.1, -0.05) is 6.42 Å². The highest BCUT2D eigenvalue weighted by Gasteiger charge is 2.53. The molecule has 0 radical (unpaired) electrons. The van der Waals surface area contributed by atoms with Gasteiger partial charge in [-0.15, -0.1) is 0 Å². The van der Waals surface area contributed by atoms with Crippen molar-refractivity contribution >= 4 is 0 Å². The van der Waals surface area contributed by atoms with Crippen LogP contribution in [0.15, 0.2) is 18.5 Å². The Morgan fingerprint density at radius 1 is 1.22 bits per heavy atom. The summed E-state index contributed by atoms with van der Waals surface area (Å²) in [5, 5.41) is 3.84. The van der Waals surface area contributed by atoms with E-state index in [1.165, 1.54) is 37.7 Å². The number of aryl methyl sites for hydroxylation is 1. The largest absolute Gasteiger partial charge is 0.357 e. The molecule has 1 aromatic heterocycles. The molecule has 1 aromatic rings. The lowest BCUT2D eigenvalue weighted by atomic mass is 9.79. The van der Waals surface area contributed by atoms with Gasteiger partial charge >= 0.3 is 0 Å². The number of aromatic nitrogens is 1. The number of nitrogens with zero attached hydrogens (tertiary/aromatic N) is 1. The van der Waals surface area contributed by atoms with Crippen LogP contribution in [0.1, 0.15) is 37.7 Å². The Morgan fingerprint density at radius 3 is 2.94 bits per heavy atom. The van der Waals surface area contributed by atoms with Gasteiger partial charge in [-0.05, 0) is 61.0 Å². The van der Waals surface area contributed by atoms with E-state index in [4.69, 9.17) is 0 Å². The first-order chi connectivity index (χ1) is 8.81. The van der Waals surface area contributed by atoms with Crippen LogP contribution in [0.3, 0.4) is 0 Å². The average Bonchev–Trinajstić information content (AvgIpc) is 3.08. The molecule has 2 heteroatoms. The molecule has 4 rings (SSSR count). The molecule has 0 aromatic carbocycles. The van der Waals surface area contributed by atoms with Crippen LogP contribution < -0.4 is 5.32 Å². The van der Waals surface area contributed by atoms with Gasteiger partial charge in [-0.25, -0.2) is 0 Å². The van der Waals surface area contributed by atoms with E-state index >= 15 is 0 Å². The molecule has 5 atom stereocenters.